The number of urea groups is 1. The van der Waals surface area contributed by atoms with Crippen molar-refractivity contribution in [3.05, 3.63) is 11.5 Å². The molecule has 23 heavy (non-hydrogen) atoms. The summed E-state index contributed by atoms with van der Waals surface area (Å²) in [6.07, 6.45) is 0.686. The van der Waals surface area contributed by atoms with Crippen molar-refractivity contribution in [2.24, 2.45) is 0 Å². The molecule has 2 rings (SSSR count). The van der Waals surface area contributed by atoms with E-state index in [-0.39, 0.29) is 12.1 Å². The third-order valence-corrected chi connectivity index (χ3v) is 4.07. The highest BCUT2D eigenvalue weighted by Gasteiger charge is 2.30. The maximum Gasteiger partial charge on any atom is 0.322 e. The number of carbonyl (C=O) groups excluding carboxylic acids is 1. The second kappa shape index (κ2) is 6.88. The molecule has 1 unspecified atom stereocenters. The molecule has 0 aromatic carbocycles. The number of nitrogens with one attached hydrogen (secondary N) is 1. The van der Waals surface area contributed by atoms with Gasteiger partial charge in [-0.1, -0.05) is 12.1 Å². The first-order valence-corrected chi connectivity index (χ1v) is 8.18. The van der Waals surface area contributed by atoms with Crippen LogP contribution in [0.4, 0.5) is 10.5 Å². The topological polar surface area (TPSA) is 81.8 Å². The molecule has 1 aliphatic heterocycles. The lowest BCUT2D eigenvalue weighted by atomic mass is 10.1. The van der Waals surface area contributed by atoms with Crippen LogP contribution in [0.1, 0.15) is 39.1 Å². The Hall–Kier alpha value is -1.60. The second-order valence-electron chi connectivity index (χ2n) is 6.94. The monoisotopic (exact) mass is 324 g/mol. The first kappa shape index (κ1) is 17.7. The van der Waals surface area contributed by atoms with E-state index < -0.39 is 5.60 Å². The second-order valence-corrected chi connectivity index (χ2v) is 6.94. The van der Waals surface area contributed by atoms with Crippen LogP contribution in [0.3, 0.4) is 0 Å². The van der Waals surface area contributed by atoms with Crippen molar-refractivity contribution in [1.29, 1.82) is 0 Å². The Balaban J connectivity index is 1.97. The minimum Gasteiger partial charge on any atom is -0.389 e. The minimum absolute atomic E-state index is 0.0799. The van der Waals surface area contributed by atoms with Gasteiger partial charge in [0.2, 0.25) is 0 Å². The third-order valence-electron chi connectivity index (χ3n) is 4.07. The molecule has 2 amide bonds. The van der Waals surface area contributed by atoms with E-state index >= 15 is 0 Å². The molecule has 7 heteroatoms. The number of amides is 2. The number of aryl methyl sites for hydroxylation is 2. The van der Waals surface area contributed by atoms with Gasteiger partial charge in [-0.15, -0.1) is 0 Å². The summed E-state index contributed by atoms with van der Waals surface area (Å²) in [5.74, 6) is 0.698. The number of nitrogens with zero attached hydrogens (tertiary/aromatic N) is 3. The Kier molecular flexibility index (Phi) is 5.31. The predicted molar refractivity (Wildman–Crippen MR) is 88.5 cm³/mol. The Labute approximate surface area is 137 Å². The van der Waals surface area contributed by atoms with Gasteiger partial charge >= 0.3 is 6.03 Å². The van der Waals surface area contributed by atoms with E-state index in [0.29, 0.717) is 36.7 Å². The highest BCUT2D eigenvalue weighted by molar-refractivity contribution is 5.90. The number of hydrogen-bond acceptors (Lipinski definition) is 5. The van der Waals surface area contributed by atoms with Crippen molar-refractivity contribution < 1.29 is 14.4 Å². The van der Waals surface area contributed by atoms with Crippen LogP contribution in [0.5, 0.6) is 0 Å². The van der Waals surface area contributed by atoms with Gasteiger partial charge in [0.05, 0.1) is 5.60 Å². The molecule has 7 nitrogen and oxygen atoms in total. The zero-order valence-electron chi connectivity index (χ0n) is 14.7. The van der Waals surface area contributed by atoms with Crippen molar-refractivity contribution in [1.82, 2.24) is 15.0 Å². The van der Waals surface area contributed by atoms with Crippen LogP contribution in [0.25, 0.3) is 0 Å². The zero-order chi connectivity index (χ0) is 17.2. The summed E-state index contributed by atoms with van der Waals surface area (Å²) in [7, 11) is 0. The predicted octanol–water partition coefficient (Wildman–Crippen LogP) is 1.85. The standard InChI is InChI=1S/C16H28N4O3/c1-6-13-14(12(3)18-23-13)17-15(21)20-8-7-19(9-11(20)2)10-16(4,5)22/h11,22H,6-10H2,1-5H3,(H,17,21). The normalized spacial score (nSPS) is 19.9. The molecule has 0 bridgehead atoms. The number of anilines is 1. The summed E-state index contributed by atoms with van der Waals surface area (Å²) >= 11 is 0. The van der Waals surface area contributed by atoms with E-state index in [0.717, 1.165) is 13.1 Å². The fourth-order valence-electron chi connectivity index (χ4n) is 3.02. The van der Waals surface area contributed by atoms with Gasteiger partial charge in [-0.05, 0) is 27.7 Å². The Bertz CT molecular complexity index is 550. The number of hydrogen-bond donors (Lipinski definition) is 2. The average Bonchev–Trinajstić information content (AvgIpc) is 2.77. The van der Waals surface area contributed by atoms with Crippen molar-refractivity contribution in [3.8, 4) is 0 Å². The number of carbonyl (C=O) groups is 1. The van der Waals surface area contributed by atoms with Gasteiger partial charge in [-0.25, -0.2) is 4.79 Å². The van der Waals surface area contributed by atoms with Crippen molar-refractivity contribution in [3.63, 3.8) is 0 Å². The number of β-amino-alcohol motifs (C(OH)–C–C–N with tert-alkyl or cyclic N) is 1. The van der Waals surface area contributed by atoms with E-state index in [9.17, 15) is 9.90 Å². The molecule has 130 valence electrons. The molecule has 1 aliphatic rings. The first-order valence-electron chi connectivity index (χ1n) is 8.18. The fraction of sp³-hybridized carbons (Fsp3) is 0.750. The summed E-state index contributed by atoms with van der Waals surface area (Å²) in [4.78, 5) is 16.6. The largest absolute Gasteiger partial charge is 0.389 e. The number of piperazine rings is 1. The van der Waals surface area contributed by atoms with Crippen LogP contribution in [0.2, 0.25) is 0 Å². The van der Waals surface area contributed by atoms with Crippen LogP contribution in [0.15, 0.2) is 4.52 Å². The Morgan fingerprint density at radius 3 is 2.74 bits per heavy atom. The van der Waals surface area contributed by atoms with Crippen molar-refractivity contribution in [2.45, 2.75) is 52.7 Å². The van der Waals surface area contributed by atoms with Gasteiger partial charge in [0, 0.05) is 38.6 Å². The summed E-state index contributed by atoms with van der Waals surface area (Å²) in [5.41, 5.74) is 0.659. The molecule has 0 spiro atoms. The van der Waals surface area contributed by atoms with E-state index in [1.54, 1.807) is 13.8 Å². The number of aliphatic hydroxyl groups is 1. The number of aromatic nitrogens is 1. The van der Waals surface area contributed by atoms with Crippen molar-refractivity contribution >= 4 is 11.7 Å². The lowest BCUT2D eigenvalue weighted by Crippen LogP contribution is -2.57. The van der Waals surface area contributed by atoms with E-state index in [1.807, 2.05) is 25.7 Å². The highest BCUT2D eigenvalue weighted by Crippen LogP contribution is 2.22. The molecule has 1 saturated heterocycles. The molecular formula is C16H28N4O3. The molecule has 0 radical (unpaired) electrons. The van der Waals surface area contributed by atoms with Gasteiger partial charge in [0.1, 0.15) is 11.4 Å². The maximum atomic E-state index is 12.6. The molecule has 2 N–H and O–H groups in total. The summed E-state index contributed by atoms with van der Waals surface area (Å²) < 4.78 is 5.21. The van der Waals surface area contributed by atoms with Crippen LogP contribution < -0.4 is 5.32 Å². The number of rotatable bonds is 4. The van der Waals surface area contributed by atoms with E-state index in [2.05, 4.69) is 15.4 Å². The maximum absolute atomic E-state index is 12.6. The van der Waals surface area contributed by atoms with Gasteiger partial charge in [-0.2, -0.15) is 0 Å². The van der Waals surface area contributed by atoms with Gasteiger partial charge in [0.25, 0.3) is 0 Å². The first-order chi connectivity index (χ1) is 10.7. The molecule has 1 aromatic heterocycles. The molecule has 1 aromatic rings. The van der Waals surface area contributed by atoms with Crippen LogP contribution >= 0.6 is 0 Å². The molecule has 0 aliphatic carbocycles. The van der Waals surface area contributed by atoms with E-state index in [1.165, 1.54) is 0 Å². The zero-order valence-corrected chi connectivity index (χ0v) is 14.7. The van der Waals surface area contributed by atoms with Crippen molar-refractivity contribution in [2.75, 3.05) is 31.5 Å². The lowest BCUT2D eigenvalue weighted by Gasteiger charge is -2.41. The fourth-order valence-corrected chi connectivity index (χ4v) is 3.02. The Morgan fingerprint density at radius 1 is 1.48 bits per heavy atom. The molecule has 1 atom stereocenters. The summed E-state index contributed by atoms with van der Waals surface area (Å²) in [6, 6.07) is -0.0437. The van der Waals surface area contributed by atoms with Gasteiger partial charge in [-0.3, -0.25) is 4.90 Å². The van der Waals surface area contributed by atoms with Crippen LogP contribution in [-0.4, -0.2) is 63.9 Å². The summed E-state index contributed by atoms with van der Waals surface area (Å²) in [5, 5.41) is 16.8. The molecule has 0 saturated carbocycles. The van der Waals surface area contributed by atoms with E-state index in [4.69, 9.17) is 4.52 Å². The van der Waals surface area contributed by atoms with Gasteiger partial charge in [0.15, 0.2) is 5.76 Å². The molecular weight excluding hydrogens is 296 g/mol. The minimum atomic E-state index is -0.722. The summed E-state index contributed by atoms with van der Waals surface area (Å²) in [6.45, 7) is 12.2. The van der Waals surface area contributed by atoms with Crippen LogP contribution in [-0.2, 0) is 6.42 Å². The average molecular weight is 324 g/mol. The van der Waals surface area contributed by atoms with Gasteiger partial charge < -0.3 is 19.8 Å². The molecule has 1 fully saturated rings. The lowest BCUT2D eigenvalue weighted by molar-refractivity contribution is 0.0130. The molecule has 2 heterocycles. The van der Waals surface area contributed by atoms with Crippen LogP contribution in [0, 0.1) is 6.92 Å². The SMILES string of the molecule is CCc1onc(C)c1NC(=O)N1CCN(CC(C)(C)O)CC1C. The third kappa shape index (κ3) is 4.45. The smallest absolute Gasteiger partial charge is 0.322 e. The highest BCUT2D eigenvalue weighted by atomic mass is 16.5. The Morgan fingerprint density at radius 2 is 2.17 bits per heavy atom. The quantitative estimate of drug-likeness (QED) is 0.883.